The van der Waals surface area contributed by atoms with Gasteiger partial charge in [0.05, 0.1) is 4.92 Å². The van der Waals surface area contributed by atoms with Crippen LogP contribution in [0.2, 0.25) is 0 Å². The van der Waals surface area contributed by atoms with Crippen LogP contribution in [-0.4, -0.2) is 39.6 Å². The quantitative estimate of drug-likeness (QED) is 0.680. The van der Waals surface area contributed by atoms with E-state index in [9.17, 15) is 14.9 Å². The van der Waals surface area contributed by atoms with Crippen LogP contribution < -0.4 is 5.32 Å². The van der Waals surface area contributed by atoms with Crippen molar-refractivity contribution in [3.8, 4) is 0 Å². The zero-order chi connectivity index (χ0) is 15.6. The second-order valence-corrected chi connectivity index (χ2v) is 5.37. The van der Waals surface area contributed by atoms with Gasteiger partial charge in [-0.1, -0.05) is 0 Å². The number of carbonyl (C=O) groups excluding carboxylic acids is 1. The Hall–Kier alpha value is -2.15. The molecule has 0 unspecified atom stereocenters. The molecule has 7 nitrogen and oxygen atoms in total. The van der Waals surface area contributed by atoms with Gasteiger partial charge in [-0.3, -0.25) is 19.9 Å². The van der Waals surface area contributed by atoms with Crippen molar-refractivity contribution < 1.29 is 9.72 Å². The van der Waals surface area contributed by atoms with Crippen molar-refractivity contribution in [1.29, 1.82) is 0 Å². The summed E-state index contributed by atoms with van der Waals surface area (Å²) in [5.74, 6) is -0.0133. The molecular formula is C14H20N4O3. The minimum Gasteiger partial charge on any atom is -0.364 e. The number of nitrogens with zero attached hydrogens (tertiary/aromatic N) is 3. The minimum absolute atomic E-state index is 0.0133. The number of non-ortho nitro benzene ring substituents is 1. The van der Waals surface area contributed by atoms with Crippen LogP contribution in [0, 0.1) is 10.1 Å². The molecule has 1 aliphatic rings. The van der Waals surface area contributed by atoms with Crippen LogP contribution in [0.25, 0.3) is 0 Å². The number of hydrogen-bond donors (Lipinski definition) is 1. The molecule has 0 aliphatic carbocycles. The van der Waals surface area contributed by atoms with Gasteiger partial charge in [-0.25, -0.2) is 5.01 Å². The molecule has 2 rings (SSSR count). The van der Waals surface area contributed by atoms with Crippen molar-refractivity contribution in [3.05, 3.63) is 34.4 Å². The Balaban J connectivity index is 2.11. The highest BCUT2D eigenvalue weighted by Crippen LogP contribution is 2.24. The molecule has 1 aromatic rings. The number of hydrazine groups is 1. The van der Waals surface area contributed by atoms with Crippen LogP contribution in [0.4, 0.5) is 11.4 Å². The van der Waals surface area contributed by atoms with Gasteiger partial charge >= 0.3 is 0 Å². The van der Waals surface area contributed by atoms with E-state index in [1.54, 1.807) is 24.1 Å². The Morgan fingerprint density at radius 3 is 2.48 bits per heavy atom. The molecule has 114 valence electrons. The maximum atomic E-state index is 11.9. The largest absolute Gasteiger partial charge is 0.364 e. The van der Waals surface area contributed by atoms with Crippen LogP contribution in [0.5, 0.6) is 0 Å². The monoisotopic (exact) mass is 292 g/mol. The second-order valence-electron chi connectivity index (χ2n) is 5.37. The molecule has 1 atom stereocenters. The third-order valence-corrected chi connectivity index (χ3v) is 3.53. The van der Waals surface area contributed by atoms with Gasteiger partial charge < -0.3 is 5.32 Å². The van der Waals surface area contributed by atoms with E-state index in [2.05, 4.69) is 5.32 Å². The minimum atomic E-state index is -0.429. The highest BCUT2D eigenvalue weighted by molar-refractivity contribution is 5.73. The number of hydrogen-bond acceptors (Lipinski definition) is 5. The van der Waals surface area contributed by atoms with E-state index in [1.165, 1.54) is 12.1 Å². The first-order valence-electron chi connectivity index (χ1n) is 6.97. The van der Waals surface area contributed by atoms with Gasteiger partial charge in [0.15, 0.2) is 0 Å². The molecular weight excluding hydrogens is 272 g/mol. The van der Waals surface area contributed by atoms with E-state index in [0.717, 1.165) is 18.7 Å². The molecule has 1 heterocycles. The standard InChI is InChI=1S/C14H20N4O3/c1-10(2)16-9-8-14(17(16)11(3)19)15-12-4-6-13(7-5-12)18(20)21/h4-7,10,14-15H,8-9H2,1-3H3/t14-/m1/s1. The maximum absolute atomic E-state index is 11.9. The first-order valence-corrected chi connectivity index (χ1v) is 6.97. The van der Waals surface area contributed by atoms with Crippen molar-refractivity contribution in [2.45, 2.75) is 39.4 Å². The number of rotatable bonds is 4. The summed E-state index contributed by atoms with van der Waals surface area (Å²) >= 11 is 0. The highest BCUT2D eigenvalue weighted by Gasteiger charge is 2.35. The molecule has 1 saturated heterocycles. The van der Waals surface area contributed by atoms with Gasteiger partial charge in [-0.05, 0) is 26.0 Å². The van der Waals surface area contributed by atoms with Crippen LogP contribution in [0.1, 0.15) is 27.2 Å². The van der Waals surface area contributed by atoms with Crippen molar-refractivity contribution >= 4 is 17.3 Å². The number of nitrogens with one attached hydrogen (secondary N) is 1. The third kappa shape index (κ3) is 3.30. The predicted octanol–water partition coefficient (Wildman–Crippen LogP) is 2.21. The van der Waals surface area contributed by atoms with E-state index in [-0.39, 0.29) is 23.8 Å². The van der Waals surface area contributed by atoms with Gasteiger partial charge in [0.1, 0.15) is 6.17 Å². The predicted molar refractivity (Wildman–Crippen MR) is 79.5 cm³/mol. The third-order valence-electron chi connectivity index (χ3n) is 3.53. The van der Waals surface area contributed by atoms with Crippen molar-refractivity contribution in [1.82, 2.24) is 10.0 Å². The number of nitro groups is 1. The maximum Gasteiger partial charge on any atom is 0.269 e. The van der Waals surface area contributed by atoms with Crippen LogP contribution in [-0.2, 0) is 4.79 Å². The fourth-order valence-electron chi connectivity index (χ4n) is 2.58. The summed E-state index contributed by atoms with van der Waals surface area (Å²) in [6.07, 6.45) is 0.695. The van der Waals surface area contributed by atoms with Crippen molar-refractivity contribution in [3.63, 3.8) is 0 Å². The van der Waals surface area contributed by atoms with E-state index in [4.69, 9.17) is 0 Å². The summed E-state index contributed by atoms with van der Waals surface area (Å²) in [6.45, 7) is 6.45. The molecule has 1 aliphatic heterocycles. The summed E-state index contributed by atoms with van der Waals surface area (Å²) in [5, 5.41) is 17.7. The second kappa shape index (κ2) is 6.09. The van der Waals surface area contributed by atoms with Crippen LogP contribution >= 0.6 is 0 Å². The van der Waals surface area contributed by atoms with E-state index < -0.39 is 4.92 Å². The lowest BCUT2D eigenvalue weighted by Gasteiger charge is -2.34. The molecule has 1 amide bonds. The number of anilines is 1. The number of nitro benzene ring substituents is 1. The average Bonchev–Trinajstić information content (AvgIpc) is 2.83. The molecule has 0 saturated carbocycles. The Morgan fingerprint density at radius 1 is 1.38 bits per heavy atom. The molecule has 0 aromatic heterocycles. The summed E-state index contributed by atoms with van der Waals surface area (Å²) in [4.78, 5) is 22.1. The molecule has 1 aromatic carbocycles. The normalized spacial score (nSPS) is 19.0. The first kappa shape index (κ1) is 15.2. The fraction of sp³-hybridized carbons (Fsp3) is 0.500. The van der Waals surface area contributed by atoms with Crippen LogP contribution in [0.15, 0.2) is 24.3 Å². The first-order chi connectivity index (χ1) is 9.90. The smallest absolute Gasteiger partial charge is 0.269 e. The molecule has 0 radical (unpaired) electrons. The lowest BCUT2D eigenvalue weighted by Crippen LogP contribution is -2.49. The molecule has 1 N–H and O–H groups in total. The SMILES string of the molecule is CC(=O)N1[C@@H](Nc2ccc([N+](=O)[O-])cc2)CCN1C(C)C. The Morgan fingerprint density at radius 2 is 2.00 bits per heavy atom. The molecule has 21 heavy (non-hydrogen) atoms. The van der Waals surface area contributed by atoms with Gasteiger partial charge in [0, 0.05) is 43.8 Å². The zero-order valence-electron chi connectivity index (χ0n) is 12.4. The number of carbonyl (C=O) groups is 1. The van der Waals surface area contributed by atoms with Gasteiger partial charge in [-0.2, -0.15) is 0 Å². The van der Waals surface area contributed by atoms with Gasteiger partial charge in [0.2, 0.25) is 5.91 Å². The Labute approximate surface area is 123 Å². The lowest BCUT2D eigenvalue weighted by molar-refractivity contribution is -0.384. The Kier molecular flexibility index (Phi) is 4.42. The Bertz CT molecular complexity index is 530. The number of amides is 1. The topological polar surface area (TPSA) is 78.7 Å². The fourth-order valence-corrected chi connectivity index (χ4v) is 2.58. The van der Waals surface area contributed by atoms with E-state index >= 15 is 0 Å². The zero-order valence-corrected chi connectivity index (χ0v) is 12.4. The number of benzene rings is 1. The van der Waals surface area contributed by atoms with Crippen molar-refractivity contribution in [2.75, 3.05) is 11.9 Å². The molecule has 7 heteroatoms. The molecule has 0 bridgehead atoms. The highest BCUT2D eigenvalue weighted by atomic mass is 16.6. The van der Waals surface area contributed by atoms with Crippen molar-refractivity contribution in [2.24, 2.45) is 0 Å². The summed E-state index contributed by atoms with van der Waals surface area (Å²) in [7, 11) is 0. The summed E-state index contributed by atoms with van der Waals surface area (Å²) in [6, 6.07) is 6.48. The van der Waals surface area contributed by atoms with Crippen LogP contribution in [0.3, 0.4) is 0 Å². The average molecular weight is 292 g/mol. The molecule has 0 spiro atoms. The summed E-state index contributed by atoms with van der Waals surface area (Å²) in [5.41, 5.74) is 0.821. The lowest BCUT2D eigenvalue weighted by atomic mass is 10.2. The van der Waals surface area contributed by atoms with Gasteiger partial charge in [-0.15, -0.1) is 0 Å². The van der Waals surface area contributed by atoms with E-state index in [0.29, 0.717) is 0 Å². The van der Waals surface area contributed by atoms with Gasteiger partial charge in [0.25, 0.3) is 5.69 Å². The molecule has 1 fully saturated rings. The van der Waals surface area contributed by atoms with E-state index in [1.807, 2.05) is 18.9 Å². The summed E-state index contributed by atoms with van der Waals surface area (Å²) < 4.78 is 0.